The van der Waals surface area contributed by atoms with Crippen molar-refractivity contribution in [1.82, 2.24) is 9.80 Å². The largest absolute Gasteiger partial charge is 0.368 e. The van der Waals surface area contributed by atoms with E-state index in [4.69, 9.17) is 0 Å². The number of nitrogens with zero attached hydrogens (tertiary/aromatic N) is 3. The zero-order valence-corrected chi connectivity index (χ0v) is 19.0. The minimum absolute atomic E-state index is 0.0119. The first-order valence-electron chi connectivity index (χ1n) is 11.6. The van der Waals surface area contributed by atoms with Gasteiger partial charge in [0.1, 0.15) is 0 Å². The van der Waals surface area contributed by atoms with Crippen LogP contribution in [0.4, 0.5) is 5.69 Å². The van der Waals surface area contributed by atoms with Crippen LogP contribution in [0.1, 0.15) is 39.5 Å². The molecule has 2 amide bonds. The Kier molecular flexibility index (Phi) is 5.86. The molecule has 0 spiro atoms. The van der Waals surface area contributed by atoms with Gasteiger partial charge >= 0.3 is 0 Å². The topological polar surface area (TPSA) is 43.9 Å². The third-order valence-corrected chi connectivity index (χ3v) is 6.81. The molecule has 0 unspecified atom stereocenters. The molecule has 1 atom stereocenters. The van der Waals surface area contributed by atoms with Crippen molar-refractivity contribution in [3.63, 3.8) is 0 Å². The van der Waals surface area contributed by atoms with E-state index in [2.05, 4.69) is 41.3 Å². The smallest absolute Gasteiger partial charge is 0.255 e. The Morgan fingerprint density at radius 3 is 2.21 bits per heavy atom. The lowest BCUT2D eigenvalue weighted by atomic mass is 9.99. The normalized spacial score (nSPS) is 16.6. The highest BCUT2D eigenvalue weighted by Crippen LogP contribution is 2.34. The molecule has 2 heterocycles. The summed E-state index contributed by atoms with van der Waals surface area (Å²) in [5.41, 5.74) is 5.15. The van der Waals surface area contributed by atoms with Crippen molar-refractivity contribution in [3.05, 3.63) is 101 Å². The number of amides is 2. The highest BCUT2D eigenvalue weighted by molar-refractivity contribution is 5.98. The standard InChI is InChI=1S/C28H29N3O2/c1-21-11-13-22(14-12-21)26(31-20-23-7-5-6-10-25(23)28(31)33)19-27(32)30-17-15-29(16-18-30)24-8-3-2-4-9-24/h2-14,26H,15-20H2,1H3/t26-/m0/s1. The Morgan fingerprint density at radius 2 is 1.52 bits per heavy atom. The zero-order chi connectivity index (χ0) is 22.8. The maximum Gasteiger partial charge on any atom is 0.255 e. The van der Waals surface area contributed by atoms with Crippen LogP contribution in [0, 0.1) is 6.92 Å². The minimum atomic E-state index is -0.273. The molecule has 5 heteroatoms. The third kappa shape index (κ3) is 4.36. The summed E-state index contributed by atoms with van der Waals surface area (Å²) in [7, 11) is 0. The molecule has 0 radical (unpaired) electrons. The van der Waals surface area contributed by atoms with E-state index in [1.165, 1.54) is 5.69 Å². The maximum absolute atomic E-state index is 13.4. The summed E-state index contributed by atoms with van der Waals surface area (Å²) in [6, 6.07) is 26.0. The minimum Gasteiger partial charge on any atom is -0.368 e. The molecule has 2 aliphatic heterocycles. The number of rotatable bonds is 5. The molecule has 1 fully saturated rings. The lowest BCUT2D eigenvalue weighted by Crippen LogP contribution is -2.49. The third-order valence-electron chi connectivity index (χ3n) is 6.81. The van der Waals surface area contributed by atoms with Gasteiger partial charge in [-0.05, 0) is 36.2 Å². The second-order valence-corrected chi connectivity index (χ2v) is 8.92. The Morgan fingerprint density at radius 1 is 0.848 bits per heavy atom. The van der Waals surface area contributed by atoms with Crippen LogP contribution in [0.5, 0.6) is 0 Å². The first-order chi connectivity index (χ1) is 16.1. The van der Waals surface area contributed by atoms with Gasteiger partial charge in [0.15, 0.2) is 0 Å². The summed E-state index contributed by atoms with van der Waals surface area (Å²) in [5, 5.41) is 0. The van der Waals surface area contributed by atoms with Crippen LogP contribution in [0.25, 0.3) is 0 Å². The number of aryl methyl sites for hydroxylation is 1. The maximum atomic E-state index is 13.4. The SMILES string of the molecule is Cc1ccc([C@H](CC(=O)N2CCN(c3ccccc3)CC2)N2Cc3ccccc3C2=O)cc1. The van der Waals surface area contributed by atoms with E-state index in [0.29, 0.717) is 26.1 Å². The van der Waals surface area contributed by atoms with Gasteiger partial charge < -0.3 is 14.7 Å². The van der Waals surface area contributed by atoms with E-state index in [1.54, 1.807) is 0 Å². The molecule has 3 aromatic carbocycles. The van der Waals surface area contributed by atoms with Gasteiger partial charge in [-0.25, -0.2) is 0 Å². The number of carbonyl (C=O) groups is 2. The first kappa shape index (κ1) is 21.3. The number of anilines is 1. The van der Waals surface area contributed by atoms with Crippen molar-refractivity contribution in [3.8, 4) is 0 Å². The van der Waals surface area contributed by atoms with Crippen LogP contribution in [0.15, 0.2) is 78.9 Å². The molecule has 1 saturated heterocycles. The Hall–Kier alpha value is -3.60. The summed E-state index contributed by atoms with van der Waals surface area (Å²) < 4.78 is 0. The molecule has 0 bridgehead atoms. The summed E-state index contributed by atoms with van der Waals surface area (Å²) in [5.74, 6) is 0.120. The van der Waals surface area contributed by atoms with Crippen molar-refractivity contribution in [2.45, 2.75) is 25.9 Å². The molecule has 2 aliphatic rings. The van der Waals surface area contributed by atoms with Crippen molar-refractivity contribution >= 4 is 17.5 Å². The van der Waals surface area contributed by atoms with Crippen LogP contribution < -0.4 is 4.90 Å². The molecule has 0 aliphatic carbocycles. The fourth-order valence-electron chi connectivity index (χ4n) is 4.87. The number of hydrogen-bond acceptors (Lipinski definition) is 3. The molecular weight excluding hydrogens is 410 g/mol. The molecule has 3 aromatic rings. The molecule has 5 nitrogen and oxygen atoms in total. The molecular formula is C28H29N3O2. The Labute approximate surface area is 195 Å². The van der Waals surface area contributed by atoms with Crippen molar-refractivity contribution in [2.75, 3.05) is 31.1 Å². The van der Waals surface area contributed by atoms with Gasteiger partial charge in [0.25, 0.3) is 5.91 Å². The average molecular weight is 440 g/mol. The number of piperazine rings is 1. The predicted molar refractivity (Wildman–Crippen MR) is 130 cm³/mol. The Balaban J connectivity index is 1.32. The van der Waals surface area contributed by atoms with Gasteiger partial charge in [-0.3, -0.25) is 9.59 Å². The number of para-hydroxylation sites is 1. The second kappa shape index (κ2) is 9.10. The van der Waals surface area contributed by atoms with E-state index in [9.17, 15) is 9.59 Å². The predicted octanol–water partition coefficient (Wildman–Crippen LogP) is 4.43. The highest BCUT2D eigenvalue weighted by atomic mass is 16.2. The van der Waals surface area contributed by atoms with Gasteiger partial charge in [-0.2, -0.15) is 0 Å². The van der Waals surface area contributed by atoms with Crippen LogP contribution in [0.3, 0.4) is 0 Å². The fraction of sp³-hybridized carbons (Fsp3) is 0.286. The van der Waals surface area contributed by atoms with Crippen molar-refractivity contribution < 1.29 is 9.59 Å². The lowest BCUT2D eigenvalue weighted by molar-refractivity contribution is -0.132. The van der Waals surface area contributed by atoms with Gasteiger partial charge in [0.05, 0.1) is 12.5 Å². The van der Waals surface area contributed by atoms with Crippen LogP contribution in [0.2, 0.25) is 0 Å². The van der Waals surface area contributed by atoms with Gasteiger partial charge in [0.2, 0.25) is 5.91 Å². The van der Waals surface area contributed by atoms with E-state index >= 15 is 0 Å². The van der Waals surface area contributed by atoms with Crippen molar-refractivity contribution in [2.24, 2.45) is 0 Å². The summed E-state index contributed by atoms with van der Waals surface area (Å²) in [6.45, 7) is 5.62. The molecule has 33 heavy (non-hydrogen) atoms. The van der Waals surface area contributed by atoms with E-state index in [0.717, 1.165) is 35.3 Å². The Bertz CT molecular complexity index is 1140. The van der Waals surface area contributed by atoms with Crippen LogP contribution in [-0.2, 0) is 11.3 Å². The monoisotopic (exact) mass is 439 g/mol. The lowest BCUT2D eigenvalue weighted by Gasteiger charge is -2.37. The first-order valence-corrected chi connectivity index (χ1v) is 11.6. The van der Waals surface area contributed by atoms with Crippen LogP contribution >= 0.6 is 0 Å². The summed E-state index contributed by atoms with van der Waals surface area (Å²) in [6.07, 6.45) is 0.300. The summed E-state index contributed by atoms with van der Waals surface area (Å²) >= 11 is 0. The average Bonchev–Trinajstić information content (AvgIpc) is 3.20. The quantitative estimate of drug-likeness (QED) is 0.591. The molecule has 0 aromatic heterocycles. The van der Waals surface area contributed by atoms with E-state index < -0.39 is 0 Å². The molecule has 0 N–H and O–H groups in total. The van der Waals surface area contributed by atoms with Crippen molar-refractivity contribution in [1.29, 1.82) is 0 Å². The number of fused-ring (bicyclic) bond motifs is 1. The molecule has 168 valence electrons. The molecule has 0 saturated carbocycles. The molecule has 5 rings (SSSR count). The second-order valence-electron chi connectivity index (χ2n) is 8.92. The van der Waals surface area contributed by atoms with Gasteiger partial charge in [0, 0.05) is 44.0 Å². The van der Waals surface area contributed by atoms with E-state index in [-0.39, 0.29) is 17.9 Å². The van der Waals surface area contributed by atoms with Gasteiger partial charge in [-0.1, -0.05) is 66.2 Å². The zero-order valence-electron chi connectivity index (χ0n) is 19.0. The van der Waals surface area contributed by atoms with E-state index in [1.807, 2.05) is 59.2 Å². The summed E-state index contributed by atoms with van der Waals surface area (Å²) in [4.78, 5) is 32.8. The number of carbonyl (C=O) groups excluding carboxylic acids is 2. The highest BCUT2D eigenvalue weighted by Gasteiger charge is 2.35. The number of benzene rings is 3. The number of hydrogen-bond donors (Lipinski definition) is 0. The fourth-order valence-corrected chi connectivity index (χ4v) is 4.87. The van der Waals surface area contributed by atoms with Crippen LogP contribution in [-0.4, -0.2) is 47.8 Å². The van der Waals surface area contributed by atoms with Gasteiger partial charge in [-0.15, -0.1) is 0 Å².